The first kappa shape index (κ1) is 23.4. The van der Waals surface area contributed by atoms with Gasteiger partial charge in [0.05, 0.1) is 20.1 Å². The van der Waals surface area contributed by atoms with Crippen molar-refractivity contribution in [3.8, 4) is 27.0 Å². The van der Waals surface area contributed by atoms with Gasteiger partial charge < -0.3 is 0 Å². The molecule has 34 heavy (non-hydrogen) atoms. The third-order valence-electron chi connectivity index (χ3n) is 5.12. The number of hydrogen-bond donors (Lipinski definition) is 0. The lowest BCUT2D eigenvalue weighted by atomic mass is 9.93. The Kier molecular flexibility index (Phi) is 6.45. The van der Waals surface area contributed by atoms with Crippen LogP contribution < -0.4 is 0 Å². The molecule has 5 nitrogen and oxygen atoms in total. The highest BCUT2D eigenvalue weighted by Gasteiger charge is 2.25. The van der Waals surface area contributed by atoms with Crippen molar-refractivity contribution in [3.63, 3.8) is 0 Å². The van der Waals surface area contributed by atoms with E-state index < -0.39 is 0 Å². The van der Waals surface area contributed by atoms with Crippen molar-refractivity contribution in [3.05, 3.63) is 75.8 Å². The third kappa shape index (κ3) is 4.62. The van der Waals surface area contributed by atoms with E-state index in [0.29, 0.717) is 0 Å². The molecule has 5 rings (SSSR count). The normalized spacial score (nSPS) is 11.8. The molecule has 0 amide bonds. The summed E-state index contributed by atoms with van der Waals surface area (Å²) in [5.74, 6) is 0.789. The van der Waals surface area contributed by atoms with E-state index >= 15 is 0 Å². The lowest BCUT2D eigenvalue weighted by molar-refractivity contribution is 0.566. The molecule has 0 bridgehead atoms. The second-order valence-corrected chi connectivity index (χ2v) is 13.3. The van der Waals surface area contributed by atoms with E-state index in [1.165, 1.54) is 11.8 Å². The van der Waals surface area contributed by atoms with Gasteiger partial charge in [-0.25, -0.2) is 9.97 Å². The van der Waals surface area contributed by atoms with E-state index in [4.69, 9.17) is 9.97 Å². The molecule has 0 atom stereocenters. The van der Waals surface area contributed by atoms with Crippen LogP contribution in [0, 0.1) is 6.92 Å². The van der Waals surface area contributed by atoms with E-state index in [0.717, 1.165) is 51.6 Å². The van der Waals surface area contributed by atoms with Gasteiger partial charge >= 0.3 is 0 Å². The average molecular weight is 569 g/mol. The summed E-state index contributed by atoms with van der Waals surface area (Å²) in [7, 11) is 0. The molecule has 0 aliphatic heterocycles. The maximum atomic E-state index is 4.90. The Hall–Kier alpha value is -2.33. The molecule has 0 aliphatic carbocycles. The predicted molar refractivity (Wildman–Crippen MR) is 145 cm³/mol. The molecule has 0 unspecified atom stereocenters. The Morgan fingerprint density at radius 1 is 0.882 bits per heavy atom. The first-order valence-electron chi connectivity index (χ1n) is 10.7. The quantitative estimate of drug-likeness (QED) is 0.215. The van der Waals surface area contributed by atoms with E-state index in [-0.39, 0.29) is 5.41 Å². The highest BCUT2D eigenvalue weighted by molar-refractivity contribution is 9.11. The molecular formula is C25H22BrN5S3. The molecule has 5 aromatic rings. The second kappa shape index (κ2) is 9.37. The smallest absolute Gasteiger partial charge is 0.203 e. The summed E-state index contributed by atoms with van der Waals surface area (Å²) < 4.78 is 4.09. The van der Waals surface area contributed by atoms with Crippen LogP contribution in [0.25, 0.3) is 27.0 Å². The maximum Gasteiger partial charge on any atom is 0.203 e. The number of aryl methyl sites for hydroxylation is 1. The molecule has 3 aromatic heterocycles. The minimum Gasteiger partial charge on any atom is -0.269 e. The molecule has 9 heteroatoms. The summed E-state index contributed by atoms with van der Waals surface area (Å²) in [6.45, 7) is 8.54. The zero-order chi connectivity index (χ0) is 23.9. The fourth-order valence-electron chi connectivity index (χ4n) is 3.47. The SMILES string of the molecule is Cc1nc(-c2ccccc2)sc1-c1nnc(Sc2nc(C(C)(C)C)c(Br)s2)n1-c1ccccc1. The summed E-state index contributed by atoms with van der Waals surface area (Å²) >= 11 is 8.50. The highest BCUT2D eigenvalue weighted by atomic mass is 79.9. The zero-order valence-electron chi connectivity index (χ0n) is 19.1. The number of para-hydroxylation sites is 1. The Morgan fingerprint density at radius 3 is 2.21 bits per heavy atom. The number of nitrogens with zero attached hydrogens (tertiary/aromatic N) is 5. The molecule has 0 spiro atoms. The van der Waals surface area contributed by atoms with Crippen molar-refractivity contribution < 1.29 is 0 Å². The fraction of sp³-hybridized carbons (Fsp3) is 0.200. The summed E-state index contributed by atoms with van der Waals surface area (Å²) in [4.78, 5) is 10.8. The molecule has 3 heterocycles. The first-order chi connectivity index (χ1) is 16.3. The van der Waals surface area contributed by atoms with Gasteiger partial charge in [0, 0.05) is 16.7 Å². The summed E-state index contributed by atoms with van der Waals surface area (Å²) in [5, 5.41) is 11.0. The Morgan fingerprint density at radius 2 is 1.56 bits per heavy atom. The molecule has 0 radical (unpaired) electrons. The standard InChI is InChI=1S/C25H22BrN5S3/c1-15-18(32-22(27-15)16-11-7-5-8-12-16)21-29-30-23(31(21)17-13-9-6-10-14-17)34-24-28-19(20(26)33-24)25(2,3)4/h5-14H,1-4H3. The van der Waals surface area contributed by atoms with Gasteiger partial charge in [-0.15, -0.1) is 21.5 Å². The van der Waals surface area contributed by atoms with Gasteiger partial charge in [-0.05, 0) is 46.7 Å². The molecule has 0 saturated carbocycles. The van der Waals surface area contributed by atoms with Crippen LogP contribution in [0.4, 0.5) is 0 Å². The Labute approximate surface area is 219 Å². The minimum atomic E-state index is -0.0417. The summed E-state index contributed by atoms with van der Waals surface area (Å²) in [6.07, 6.45) is 0. The maximum absolute atomic E-state index is 4.90. The van der Waals surface area contributed by atoms with Crippen LogP contribution in [0.5, 0.6) is 0 Å². The zero-order valence-corrected chi connectivity index (χ0v) is 23.1. The Bertz CT molecular complexity index is 1430. The topological polar surface area (TPSA) is 56.5 Å². The van der Waals surface area contributed by atoms with Gasteiger partial charge in [-0.3, -0.25) is 4.57 Å². The summed E-state index contributed by atoms with van der Waals surface area (Å²) in [6, 6.07) is 20.5. The molecule has 2 aromatic carbocycles. The van der Waals surface area contributed by atoms with Crippen molar-refractivity contribution >= 4 is 50.4 Å². The van der Waals surface area contributed by atoms with Crippen LogP contribution in [0.2, 0.25) is 0 Å². The van der Waals surface area contributed by atoms with Crippen LogP contribution in [-0.4, -0.2) is 24.7 Å². The van der Waals surface area contributed by atoms with Gasteiger partial charge in [0.15, 0.2) is 10.2 Å². The summed E-state index contributed by atoms with van der Waals surface area (Å²) in [5.41, 5.74) is 4.06. The molecule has 0 N–H and O–H groups in total. The van der Waals surface area contributed by atoms with E-state index in [2.05, 4.69) is 75.7 Å². The third-order valence-corrected chi connectivity index (χ3v) is 9.04. The van der Waals surface area contributed by atoms with E-state index in [9.17, 15) is 0 Å². The van der Waals surface area contributed by atoms with Crippen molar-refractivity contribution in [2.45, 2.75) is 42.6 Å². The van der Waals surface area contributed by atoms with Crippen LogP contribution in [-0.2, 0) is 5.41 Å². The average Bonchev–Trinajstić information content (AvgIpc) is 3.51. The van der Waals surface area contributed by atoms with Gasteiger partial charge in [-0.2, -0.15) is 0 Å². The number of benzene rings is 2. The molecule has 0 aliphatic rings. The predicted octanol–water partition coefficient (Wildman–Crippen LogP) is 8.03. The van der Waals surface area contributed by atoms with Crippen molar-refractivity contribution in [2.75, 3.05) is 0 Å². The number of rotatable bonds is 5. The largest absolute Gasteiger partial charge is 0.269 e. The van der Waals surface area contributed by atoms with Crippen molar-refractivity contribution in [2.24, 2.45) is 0 Å². The van der Waals surface area contributed by atoms with Crippen LogP contribution in [0.1, 0.15) is 32.2 Å². The lowest BCUT2D eigenvalue weighted by Gasteiger charge is -2.15. The highest BCUT2D eigenvalue weighted by Crippen LogP contribution is 2.42. The van der Waals surface area contributed by atoms with Gasteiger partial charge in [0.1, 0.15) is 5.01 Å². The first-order valence-corrected chi connectivity index (χ1v) is 13.9. The number of hydrogen-bond acceptors (Lipinski definition) is 7. The van der Waals surface area contributed by atoms with Crippen molar-refractivity contribution in [1.29, 1.82) is 0 Å². The fourth-order valence-corrected chi connectivity index (χ4v) is 8.02. The molecule has 0 saturated heterocycles. The van der Waals surface area contributed by atoms with Gasteiger partial charge in [0.2, 0.25) is 5.16 Å². The monoisotopic (exact) mass is 567 g/mol. The number of halogens is 1. The van der Waals surface area contributed by atoms with Gasteiger partial charge in [-0.1, -0.05) is 80.6 Å². The lowest BCUT2D eigenvalue weighted by Crippen LogP contribution is -2.12. The van der Waals surface area contributed by atoms with E-state index in [1.807, 2.05) is 43.3 Å². The second-order valence-electron chi connectivity index (χ2n) is 8.73. The minimum absolute atomic E-state index is 0.0417. The van der Waals surface area contributed by atoms with Crippen molar-refractivity contribution in [1.82, 2.24) is 24.7 Å². The number of aromatic nitrogens is 5. The molecular weight excluding hydrogens is 546 g/mol. The van der Waals surface area contributed by atoms with Gasteiger partial charge in [0.25, 0.3) is 0 Å². The van der Waals surface area contributed by atoms with Crippen LogP contribution in [0.15, 0.2) is 73.9 Å². The Balaban J connectivity index is 1.60. The van der Waals surface area contributed by atoms with E-state index in [1.54, 1.807) is 22.7 Å². The molecule has 172 valence electrons. The van der Waals surface area contributed by atoms with Crippen LogP contribution in [0.3, 0.4) is 0 Å². The number of thiazole rings is 2. The molecule has 0 fully saturated rings. The van der Waals surface area contributed by atoms with Crippen LogP contribution >= 0.6 is 50.4 Å².